The van der Waals surface area contributed by atoms with Gasteiger partial charge in [0.15, 0.2) is 0 Å². The molecule has 0 radical (unpaired) electrons. The third-order valence-electron chi connectivity index (χ3n) is 3.57. The number of aliphatic hydroxyl groups is 1. The lowest BCUT2D eigenvalue weighted by molar-refractivity contribution is 0.148. The van der Waals surface area contributed by atoms with Crippen LogP contribution < -0.4 is 5.32 Å². The predicted molar refractivity (Wildman–Crippen MR) is 72.2 cm³/mol. The van der Waals surface area contributed by atoms with Crippen LogP contribution >= 0.6 is 0 Å². The number of hydrogen-bond donors (Lipinski definition) is 2. The van der Waals surface area contributed by atoms with Crippen LogP contribution in [0, 0.1) is 5.92 Å². The minimum atomic E-state index is -0.182. The first-order chi connectivity index (χ1) is 8.84. The maximum absolute atomic E-state index is 9.81. The van der Waals surface area contributed by atoms with Gasteiger partial charge in [-0.3, -0.25) is 4.98 Å². The first-order valence-electron chi connectivity index (χ1n) is 6.56. The third kappa shape index (κ3) is 2.52. The van der Waals surface area contributed by atoms with Gasteiger partial charge in [-0.15, -0.1) is 0 Å². The maximum atomic E-state index is 9.81. The second kappa shape index (κ2) is 5.04. The number of para-hydroxylation sites is 1. The summed E-state index contributed by atoms with van der Waals surface area (Å²) in [5.74, 6) is 0.534. The van der Waals surface area contributed by atoms with Crippen LogP contribution in [0.2, 0.25) is 0 Å². The van der Waals surface area contributed by atoms with E-state index in [1.165, 1.54) is 23.8 Å². The number of rotatable bonds is 5. The van der Waals surface area contributed by atoms with Crippen molar-refractivity contribution < 1.29 is 5.11 Å². The SMILES string of the molecule is OC(CNCc1ccnc2ccccc12)C1CC1. The van der Waals surface area contributed by atoms with Crippen molar-refractivity contribution in [2.75, 3.05) is 6.54 Å². The Labute approximate surface area is 107 Å². The first kappa shape index (κ1) is 11.6. The summed E-state index contributed by atoms with van der Waals surface area (Å²) < 4.78 is 0. The zero-order valence-electron chi connectivity index (χ0n) is 10.3. The average Bonchev–Trinajstić information content (AvgIpc) is 3.23. The molecule has 18 heavy (non-hydrogen) atoms. The summed E-state index contributed by atoms with van der Waals surface area (Å²) in [5, 5.41) is 14.3. The number of benzene rings is 1. The molecule has 3 nitrogen and oxygen atoms in total. The molecule has 2 aromatic rings. The molecule has 0 spiro atoms. The van der Waals surface area contributed by atoms with Gasteiger partial charge in [0.25, 0.3) is 0 Å². The molecule has 1 aromatic carbocycles. The zero-order chi connectivity index (χ0) is 12.4. The molecule has 1 unspecified atom stereocenters. The van der Waals surface area contributed by atoms with Crippen molar-refractivity contribution in [1.82, 2.24) is 10.3 Å². The highest BCUT2D eigenvalue weighted by atomic mass is 16.3. The Morgan fingerprint density at radius 2 is 2.11 bits per heavy atom. The maximum Gasteiger partial charge on any atom is 0.0705 e. The van der Waals surface area contributed by atoms with Gasteiger partial charge in [0.2, 0.25) is 0 Å². The van der Waals surface area contributed by atoms with E-state index in [2.05, 4.69) is 16.4 Å². The number of nitrogens with one attached hydrogen (secondary N) is 1. The Hall–Kier alpha value is -1.45. The van der Waals surface area contributed by atoms with Gasteiger partial charge in [-0.2, -0.15) is 0 Å². The summed E-state index contributed by atoms with van der Waals surface area (Å²) in [6.45, 7) is 1.47. The van der Waals surface area contributed by atoms with Crippen molar-refractivity contribution in [3.05, 3.63) is 42.1 Å². The fraction of sp³-hybridized carbons (Fsp3) is 0.400. The van der Waals surface area contributed by atoms with Gasteiger partial charge >= 0.3 is 0 Å². The first-order valence-corrected chi connectivity index (χ1v) is 6.56. The summed E-state index contributed by atoms with van der Waals surface area (Å²) in [7, 11) is 0. The van der Waals surface area contributed by atoms with E-state index in [0.717, 1.165) is 12.1 Å². The van der Waals surface area contributed by atoms with E-state index in [1.807, 2.05) is 30.5 Å². The minimum absolute atomic E-state index is 0.182. The molecule has 3 rings (SSSR count). The van der Waals surface area contributed by atoms with Gasteiger partial charge in [-0.1, -0.05) is 18.2 Å². The fourth-order valence-electron chi connectivity index (χ4n) is 2.31. The molecule has 0 aliphatic heterocycles. The highest BCUT2D eigenvalue weighted by Crippen LogP contribution is 2.32. The molecule has 1 aliphatic rings. The van der Waals surface area contributed by atoms with Gasteiger partial charge in [0, 0.05) is 24.7 Å². The Balaban J connectivity index is 1.66. The summed E-state index contributed by atoms with van der Waals surface area (Å²) in [6, 6.07) is 10.2. The van der Waals surface area contributed by atoms with Crippen LogP contribution in [-0.2, 0) is 6.54 Å². The molecule has 1 aromatic heterocycles. The van der Waals surface area contributed by atoms with E-state index in [4.69, 9.17) is 0 Å². The molecule has 1 saturated carbocycles. The zero-order valence-corrected chi connectivity index (χ0v) is 10.3. The third-order valence-corrected chi connectivity index (χ3v) is 3.57. The van der Waals surface area contributed by atoms with Crippen LogP contribution in [-0.4, -0.2) is 22.7 Å². The molecule has 0 saturated heterocycles. The molecule has 1 aliphatic carbocycles. The highest BCUT2D eigenvalue weighted by Gasteiger charge is 2.29. The van der Waals surface area contributed by atoms with Crippen molar-refractivity contribution in [3.63, 3.8) is 0 Å². The minimum Gasteiger partial charge on any atom is -0.392 e. The number of aromatic nitrogens is 1. The molecule has 0 amide bonds. The Morgan fingerprint density at radius 3 is 2.94 bits per heavy atom. The number of fused-ring (bicyclic) bond motifs is 1. The average molecular weight is 242 g/mol. The van der Waals surface area contributed by atoms with Crippen LogP contribution in [0.15, 0.2) is 36.5 Å². The number of pyridine rings is 1. The lowest BCUT2D eigenvalue weighted by Crippen LogP contribution is -2.27. The number of aliphatic hydroxyl groups excluding tert-OH is 1. The van der Waals surface area contributed by atoms with Gasteiger partial charge < -0.3 is 10.4 Å². The van der Waals surface area contributed by atoms with E-state index >= 15 is 0 Å². The largest absolute Gasteiger partial charge is 0.392 e. The summed E-state index contributed by atoms with van der Waals surface area (Å²) in [4.78, 5) is 4.35. The van der Waals surface area contributed by atoms with Crippen molar-refractivity contribution in [1.29, 1.82) is 0 Å². The lowest BCUT2D eigenvalue weighted by atomic mass is 10.1. The monoisotopic (exact) mass is 242 g/mol. The number of hydrogen-bond acceptors (Lipinski definition) is 3. The van der Waals surface area contributed by atoms with E-state index < -0.39 is 0 Å². The van der Waals surface area contributed by atoms with Crippen LogP contribution in [0.25, 0.3) is 10.9 Å². The van der Waals surface area contributed by atoms with Crippen LogP contribution in [0.4, 0.5) is 0 Å². The van der Waals surface area contributed by atoms with Crippen molar-refractivity contribution in [2.45, 2.75) is 25.5 Å². The van der Waals surface area contributed by atoms with Crippen molar-refractivity contribution >= 4 is 10.9 Å². The smallest absolute Gasteiger partial charge is 0.0705 e. The van der Waals surface area contributed by atoms with E-state index in [-0.39, 0.29) is 6.10 Å². The predicted octanol–water partition coefficient (Wildman–Crippen LogP) is 2.10. The van der Waals surface area contributed by atoms with Crippen LogP contribution in [0.3, 0.4) is 0 Å². The number of nitrogens with zero attached hydrogens (tertiary/aromatic N) is 1. The van der Waals surface area contributed by atoms with Crippen LogP contribution in [0.5, 0.6) is 0 Å². The van der Waals surface area contributed by atoms with Gasteiger partial charge in [-0.25, -0.2) is 0 Å². The normalized spacial score (nSPS) is 16.9. The lowest BCUT2D eigenvalue weighted by Gasteiger charge is -2.11. The second-order valence-electron chi connectivity index (χ2n) is 5.02. The van der Waals surface area contributed by atoms with Gasteiger partial charge in [0.05, 0.1) is 11.6 Å². The fourth-order valence-corrected chi connectivity index (χ4v) is 2.31. The molecule has 94 valence electrons. The van der Waals surface area contributed by atoms with Crippen molar-refractivity contribution in [3.8, 4) is 0 Å². The Morgan fingerprint density at radius 1 is 1.28 bits per heavy atom. The molecule has 1 fully saturated rings. The highest BCUT2D eigenvalue weighted by molar-refractivity contribution is 5.81. The van der Waals surface area contributed by atoms with Crippen molar-refractivity contribution in [2.24, 2.45) is 5.92 Å². The molecule has 2 N–H and O–H groups in total. The van der Waals surface area contributed by atoms with Crippen LogP contribution in [0.1, 0.15) is 18.4 Å². The van der Waals surface area contributed by atoms with Gasteiger partial charge in [0.1, 0.15) is 0 Å². The molecule has 3 heteroatoms. The summed E-state index contributed by atoms with van der Waals surface area (Å²) in [5.41, 5.74) is 2.27. The molecule has 1 heterocycles. The standard InChI is InChI=1S/C15H18N2O/c18-15(11-5-6-11)10-16-9-12-7-8-17-14-4-2-1-3-13(12)14/h1-4,7-8,11,15-16,18H,5-6,9-10H2. The Bertz CT molecular complexity index is 532. The quantitative estimate of drug-likeness (QED) is 0.844. The summed E-state index contributed by atoms with van der Waals surface area (Å²) in [6.07, 6.45) is 4.02. The molecule has 1 atom stereocenters. The van der Waals surface area contributed by atoms with Gasteiger partial charge in [-0.05, 0) is 36.5 Å². The van der Waals surface area contributed by atoms with E-state index in [0.29, 0.717) is 12.5 Å². The van der Waals surface area contributed by atoms with E-state index in [9.17, 15) is 5.11 Å². The molecule has 0 bridgehead atoms. The molecular formula is C15H18N2O. The topological polar surface area (TPSA) is 45.1 Å². The summed E-state index contributed by atoms with van der Waals surface area (Å²) >= 11 is 0. The van der Waals surface area contributed by atoms with E-state index in [1.54, 1.807) is 0 Å². The Kier molecular flexibility index (Phi) is 3.26. The second-order valence-corrected chi connectivity index (χ2v) is 5.02. The molecular weight excluding hydrogens is 224 g/mol.